The van der Waals surface area contributed by atoms with Crippen LogP contribution in [0.25, 0.3) is 11.1 Å². The zero-order chi connectivity index (χ0) is 21.0. The van der Waals surface area contributed by atoms with Gasteiger partial charge < -0.3 is 20.1 Å². The van der Waals surface area contributed by atoms with Crippen molar-refractivity contribution in [2.24, 2.45) is 0 Å². The Bertz CT molecular complexity index is 906. The van der Waals surface area contributed by atoms with Gasteiger partial charge in [0.1, 0.15) is 5.75 Å². The number of nitrogens with zero attached hydrogens (tertiary/aromatic N) is 1. The van der Waals surface area contributed by atoms with E-state index in [0.717, 1.165) is 35.1 Å². The van der Waals surface area contributed by atoms with Crippen LogP contribution in [0.4, 0.5) is 4.79 Å². The summed E-state index contributed by atoms with van der Waals surface area (Å²) in [6.45, 7) is 5.06. The van der Waals surface area contributed by atoms with Crippen molar-refractivity contribution in [3.63, 3.8) is 0 Å². The Labute approximate surface area is 171 Å². The van der Waals surface area contributed by atoms with Gasteiger partial charge in [-0.05, 0) is 55.5 Å². The van der Waals surface area contributed by atoms with Gasteiger partial charge >= 0.3 is 12.0 Å². The number of urea groups is 1. The molecule has 154 valence electrons. The van der Waals surface area contributed by atoms with Crippen LogP contribution in [0.3, 0.4) is 0 Å². The fourth-order valence-electron chi connectivity index (χ4n) is 3.39. The van der Waals surface area contributed by atoms with E-state index in [1.165, 1.54) is 0 Å². The van der Waals surface area contributed by atoms with Crippen LogP contribution in [0.1, 0.15) is 36.5 Å². The van der Waals surface area contributed by atoms with E-state index in [1.807, 2.05) is 32.0 Å². The molecule has 6 heteroatoms. The summed E-state index contributed by atoms with van der Waals surface area (Å²) in [6, 6.07) is 11.8. The molecule has 0 bridgehead atoms. The lowest BCUT2D eigenvalue weighted by molar-refractivity contribution is -0.136. The zero-order valence-electron chi connectivity index (χ0n) is 17.2. The Morgan fingerprint density at radius 3 is 2.55 bits per heavy atom. The summed E-state index contributed by atoms with van der Waals surface area (Å²) in [5.74, 6) is -0.200. The first-order chi connectivity index (χ1) is 13.9. The third-order valence-electron chi connectivity index (χ3n) is 5.11. The lowest BCUT2D eigenvalue weighted by Crippen LogP contribution is -2.40. The van der Waals surface area contributed by atoms with Crippen LogP contribution >= 0.6 is 0 Å². The van der Waals surface area contributed by atoms with Crippen molar-refractivity contribution in [2.75, 3.05) is 13.7 Å². The number of carboxylic acids is 1. The number of hydrogen-bond acceptors (Lipinski definition) is 3. The quantitative estimate of drug-likeness (QED) is 0.707. The lowest BCUT2D eigenvalue weighted by atomic mass is 9.94. The van der Waals surface area contributed by atoms with Crippen LogP contribution in [-0.4, -0.2) is 41.7 Å². The van der Waals surface area contributed by atoms with Crippen LogP contribution in [0.15, 0.2) is 36.4 Å². The molecule has 2 N–H and O–H groups in total. The summed E-state index contributed by atoms with van der Waals surface area (Å²) >= 11 is 0. The number of aliphatic carboxylic acids is 1. The van der Waals surface area contributed by atoms with Crippen molar-refractivity contribution < 1.29 is 19.4 Å². The molecule has 0 saturated heterocycles. The molecule has 1 fully saturated rings. The molecule has 0 heterocycles. The number of benzene rings is 2. The van der Waals surface area contributed by atoms with Crippen LogP contribution in [0, 0.1) is 6.92 Å². The number of methoxy groups -OCH3 is 1. The van der Waals surface area contributed by atoms with Gasteiger partial charge in [0.15, 0.2) is 0 Å². The fourth-order valence-corrected chi connectivity index (χ4v) is 3.39. The highest BCUT2D eigenvalue weighted by molar-refractivity contribution is 5.78. The number of carboxylic acid groups (broad SMARTS) is 1. The van der Waals surface area contributed by atoms with Gasteiger partial charge in [-0.25, -0.2) is 4.79 Å². The third kappa shape index (κ3) is 5.28. The molecular weight excluding hydrogens is 368 g/mol. The molecule has 3 rings (SSSR count). The number of carbonyl (C=O) groups excluding carboxylic acids is 1. The number of ether oxygens (including phenoxy) is 1. The molecule has 1 aliphatic carbocycles. The smallest absolute Gasteiger partial charge is 0.317 e. The van der Waals surface area contributed by atoms with Gasteiger partial charge in [-0.3, -0.25) is 4.79 Å². The second-order valence-corrected chi connectivity index (χ2v) is 7.50. The Kier molecular flexibility index (Phi) is 6.42. The fraction of sp³-hybridized carbons (Fsp3) is 0.391. The van der Waals surface area contributed by atoms with E-state index in [2.05, 4.69) is 11.4 Å². The van der Waals surface area contributed by atoms with Gasteiger partial charge in [0.25, 0.3) is 0 Å². The lowest BCUT2D eigenvalue weighted by Gasteiger charge is -2.24. The van der Waals surface area contributed by atoms with Gasteiger partial charge in [0.2, 0.25) is 0 Å². The average Bonchev–Trinajstić information content (AvgIpc) is 3.49. The molecule has 0 atom stereocenters. The minimum absolute atomic E-state index is 0.0472. The van der Waals surface area contributed by atoms with Gasteiger partial charge in [-0.2, -0.15) is 0 Å². The Hall–Kier alpha value is -3.02. The number of hydrogen-bond donors (Lipinski definition) is 2. The first-order valence-corrected chi connectivity index (χ1v) is 9.95. The van der Waals surface area contributed by atoms with Gasteiger partial charge in [0, 0.05) is 24.7 Å². The Morgan fingerprint density at radius 1 is 1.17 bits per heavy atom. The zero-order valence-corrected chi connectivity index (χ0v) is 17.2. The van der Waals surface area contributed by atoms with Crippen LogP contribution in [0.5, 0.6) is 5.75 Å². The maximum Gasteiger partial charge on any atom is 0.317 e. The van der Waals surface area contributed by atoms with Crippen LogP contribution in [0.2, 0.25) is 0 Å². The molecule has 0 aliphatic heterocycles. The minimum atomic E-state index is -0.876. The molecule has 0 radical (unpaired) electrons. The number of carbonyl (C=O) groups is 2. The normalized spacial score (nSPS) is 13.1. The predicted molar refractivity (Wildman–Crippen MR) is 112 cm³/mol. The molecule has 1 aliphatic rings. The van der Waals surface area contributed by atoms with Crippen molar-refractivity contribution in [1.82, 2.24) is 10.2 Å². The predicted octanol–water partition coefficient (Wildman–Crippen LogP) is 3.99. The molecule has 2 amide bonds. The van der Waals surface area contributed by atoms with E-state index < -0.39 is 5.97 Å². The molecule has 29 heavy (non-hydrogen) atoms. The highest BCUT2D eigenvalue weighted by Crippen LogP contribution is 2.34. The van der Waals surface area contributed by atoms with Crippen LogP contribution in [-0.2, 0) is 17.8 Å². The molecule has 2 aromatic carbocycles. The average molecular weight is 396 g/mol. The van der Waals surface area contributed by atoms with E-state index in [0.29, 0.717) is 30.4 Å². The van der Waals surface area contributed by atoms with E-state index in [-0.39, 0.29) is 12.5 Å². The molecular formula is C23H28N2O4. The van der Waals surface area contributed by atoms with Gasteiger partial charge in [-0.15, -0.1) is 0 Å². The molecule has 0 unspecified atom stereocenters. The maximum atomic E-state index is 12.6. The third-order valence-corrected chi connectivity index (χ3v) is 5.11. The summed E-state index contributed by atoms with van der Waals surface area (Å²) in [5.41, 5.74) is 4.59. The summed E-state index contributed by atoms with van der Waals surface area (Å²) in [4.78, 5) is 25.5. The highest BCUT2D eigenvalue weighted by Gasteiger charge is 2.26. The number of aryl methyl sites for hydroxylation is 1. The largest absolute Gasteiger partial charge is 0.496 e. The van der Waals surface area contributed by atoms with Crippen molar-refractivity contribution in [3.05, 3.63) is 53.1 Å². The summed E-state index contributed by atoms with van der Waals surface area (Å²) < 4.78 is 5.54. The first kappa shape index (κ1) is 20.7. The second-order valence-electron chi connectivity index (χ2n) is 7.50. The number of nitrogens with one attached hydrogen (secondary N) is 1. The van der Waals surface area contributed by atoms with Gasteiger partial charge in [-0.1, -0.05) is 29.8 Å². The highest BCUT2D eigenvalue weighted by atomic mass is 16.5. The first-order valence-electron chi connectivity index (χ1n) is 9.95. The van der Waals surface area contributed by atoms with Crippen molar-refractivity contribution in [3.8, 4) is 16.9 Å². The second kappa shape index (κ2) is 8.99. The van der Waals surface area contributed by atoms with Gasteiger partial charge in [0.05, 0.1) is 13.5 Å². The summed E-state index contributed by atoms with van der Waals surface area (Å²) in [5, 5.41) is 12.2. The van der Waals surface area contributed by atoms with Crippen molar-refractivity contribution >= 4 is 12.0 Å². The number of rotatable bonds is 8. The van der Waals surface area contributed by atoms with Crippen molar-refractivity contribution in [2.45, 2.75) is 45.7 Å². The monoisotopic (exact) mass is 396 g/mol. The van der Waals surface area contributed by atoms with Crippen molar-refractivity contribution in [1.29, 1.82) is 0 Å². The number of amides is 2. The van der Waals surface area contributed by atoms with E-state index in [1.54, 1.807) is 24.1 Å². The van der Waals surface area contributed by atoms with E-state index >= 15 is 0 Å². The molecule has 2 aromatic rings. The molecule has 6 nitrogen and oxygen atoms in total. The molecule has 0 spiro atoms. The van der Waals surface area contributed by atoms with Crippen LogP contribution < -0.4 is 10.1 Å². The Balaban J connectivity index is 1.97. The summed E-state index contributed by atoms with van der Waals surface area (Å²) in [6.07, 6.45) is 2.04. The molecule has 1 saturated carbocycles. The minimum Gasteiger partial charge on any atom is -0.496 e. The van der Waals surface area contributed by atoms with E-state index in [9.17, 15) is 9.59 Å². The maximum absolute atomic E-state index is 12.6. The summed E-state index contributed by atoms with van der Waals surface area (Å²) in [7, 11) is 1.60. The topological polar surface area (TPSA) is 78.9 Å². The van der Waals surface area contributed by atoms with E-state index in [4.69, 9.17) is 9.84 Å². The standard InChI is InChI=1S/C23H28N2O4/c1-4-25(23(28)24-18-7-8-18)14-17-11-15(2)5-9-19(17)20-12-16(13-22(26)27)6-10-21(20)29-3/h5-6,9-12,18H,4,7-8,13-14H2,1-3H3,(H,24,28)(H,26,27). The Morgan fingerprint density at radius 2 is 1.93 bits per heavy atom. The molecule has 0 aromatic heterocycles. The SMILES string of the molecule is CCN(Cc1cc(C)ccc1-c1cc(CC(=O)O)ccc1OC)C(=O)NC1CC1.